The molecule has 0 radical (unpaired) electrons. The van der Waals surface area contributed by atoms with Crippen LogP contribution in [0.1, 0.15) is 18.4 Å². The van der Waals surface area contributed by atoms with Crippen LogP contribution in [0.4, 0.5) is 0 Å². The first-order valence-electron chi connectivity index (χ1n) is 6.82. The van der Waals surface area contributed by atoms with Gasteiger partial charge in [0, 0.05) is 30.8 Å². The maximum atomic E-state index is 12.2. The lowest BCUT2D eigenvalue weighted by Crippen LogP contribution is -2.43. The molecule has 1 amide bonds. The van der Waals surface area contributed by atoms with Crippen LogP contribution in [0.25, 0.3) is 10.9 Å². The number of fused-ring (bicyclic) bond motifs is 1. The van der Waals surface area contributed by atoms with Gasteiger partial charge in [-0.3, -0.25) is 4.79 Å². The summed E-state index contributed by atoms with van der Waals surface area (Å²) in [5.41, 5.74) is 8.05. The molecule has 0 atom stereocenters. The number of aromatic nitrogens is 1. The number of nitrogens with one attached hydrogen (secondary N) is 1. The fourth-order valence-corrected chi connectivity index (χ4v) is 2.65. The fraction of sp³-hybridized carbons (Fsp3) is 0.400. The van der Waals surface area contributed by atoms with Gasteiger partial charge in [0.15, 0.2) is 0 Å². The highest BCUT2D eigenvalue weighted by molar-refractivity contribution is 5.83. The minimum atomic E-state index is 0.210. The average Bonchev–Trinajstić information content (AvgIpc) is 2.87. The number of H-pyrrole nitrogens is 1. The predicted octanol–water partition coefficient (Wildman–Crippen LogP) is 1.66. The third-order valence-corrected chi connectivity index (χ3v) is 3.87. The van der Waals surface area contributed by atoms with Crippen LogP contribution in [-0.2, 0) is 11.2 Å². The van der Waals surface area contributed by atoms with E-state index in [-0.39, 0.29) is 11.9 Å². The van der Waals surface area contributed by atoms with Gasteiger partial charge >= 0.3 is 0 Å². The number of benzene rings is 1. The van der Waals surface area contributed by atoms with E-state index in [4.69, 9.17) is 5.73 Å². The molecule has 2 aromatic rings. The minimum absolute atomic E-state index is 0.210. The van der Waals surface area contributed by atoms with Gasteiger partial charge in [-0.2, -0.15) is 0 Å². The summed E-state index contributed by atoms with van der Waals surface area (Å²) in [4.78, 5) is 17.3. The third-order valence-electron chi connectivity index (χ3n) is 3.87. The Balaban J connectivity index is 1.68. The summed E-state index contributed by atoms with van der Waals surface area (Å²) in [7, 11) is 0. The number of hydrogen-bond acceptors (Lipinski definition) is 2. The van der Waals surface area contributed by atoms with Crippen LogP contribution in [0.3, 0.4) is 0 Å². The van der Waals surface area contributed by atoms with Gasteiger partial charge in [-0.1, -0.05) is 6.07 Å². The lowest BCUT2D eigenvalue weighted by molar-refractivity contribution is -0.131. The van der Waals surface area contributed by atoms with Crippen molar-refractivity contribution in [3.63, 3.8) is 0 Å². The number of nitrogens with zero attached hydrogens (tertiary/aromatic N) is 1. The summed E-state index contributed by atoms with van der Waals surface area (Å²) in [5, 5.41) is 1.16. The molecule has 3 N–H and O–H groups in total. The Morgan fingerprint density at radius 3 is 2.89 bits per heavy atom. The highest BCUT2D eigenvalue weighted by Crippen LogP contribution is 2.16. The van der Waals surface area contributed by atoms with E-state index in [1.165, 1.54) is 0 Å². The summed E-state index contributed by atoms with van der Waals surface area (Å²) in [6.45, 7) is 1.60. The van der Waals surface area contributed by atoms with Gasteiger partial charge in [0.25, 0.3) is 0 Å². The summed E-state index contributed by atoms with van der Waals surface area (Å²) < 4.78 is 0. The number of piperidine rings is 1. The Bertz CT molecular complexity index is 582. The zero-order valence-corrected chi connectivity index (χ0v) is 10.9. The molecule has 3 rings (SSSR count). The van der Waals surface area contributed by atoms with E-state index < -0.39 is 0 Å². The molecule has 1 aliphatic rings. The summed E-state index contributed by atoms with van der Waals surface area (Å²) in [5.74, 6) is 0.210. The quantitative estimate of drug-likeness (QED) is 0.859. The van der Waals surface area contributed by atoms with Crippen molar-refractivity contribution in [2.75, 3.05) is 13.1 Å². The molecule has 0 saturated carbocycles. The molecular weight excluding hydrogens is 238 g/mol. The normalized spacial score (nSPS) is 17.0. The van der Waals surface area contributed by atoms with Crippen molar-refractivity contribution in [1.82, 2.24) is 9.88 Å². The van der Waals surface area contributed by atoms with Gasteiger partial charge in [0.1, 0.15) is 0 Å². The molecule has 19 heavy (non-hydrogen) atoms. The molecule has 4 heteroatoms. The second kappa shape index (κ2) is 5.05. The second-order valence-electron chi connectivity index (χ2n) is 5.29. The van der Waals surface area contributed by atoms with Crippen LogP contribution in [0.5, 0.6) is 0 Å². The lowest BCUT2D eigenvalue weighted by atomic mass is 10.0. The van der Waals surface area contributed by atoms with E-state index in [0.29, 0.717) is 6.42 Å². The number of carbonyl (C=O) groups is 1. The molecule has 0 aliphatic carbocycles. The highest BCUT2D eigenvalue weighted by atomic mass is 16.2. The molecule has 0 unspecified atom stereocenters. The molecule has 0 bridgehead atoms. The Kier molecular flexibility index (Phi) is 3.25. The van der Waals surface area contributed by atoms with E-state index in [2.05, 4.69) is 11.1 Å². The number of nitrogens with two attached hydrogens (primary N) is 1. The second-order valence-corrected chi connectivity index (χ2v) is 5.29. The van der Waals surface area contributed by atoms with E-state index in [9.17, 15) is 4.79 Å². The van der Waals surface area contributed by atoms with Crippen molar-refractivity contribution in [1.29, 1.82) is 0 Å². The van der Waals surface area contributed by atoms with Crippen LogP contribution in [-0.4, -0.2) is 34.9 Å². The first-order valence-corrected chi connectivity index (χ1v) is 6.82. The van der Waals surface area contributed by atoms with Gasteiger partial charge in [-0.05, 0) is 42.0 Å². The number of carbonyl (C=O) groups excluding carboxylic acids is 1. The highest BCUT2D eigenvalue weighted by Gasteiger charge is 2.20. The average molecular weight is 257 g/mol. The lowest BCUT2D eigenvalue weighted by Gasteiger charge is -2.30. The van der Waals surface area contributed by atoms with E-state index in [1.807, 2.05) is 29.3 Å². The summed E-state index contributed by atoms with van der Waals surface area (Å²) >= 11 is 0. The zero-order chi connectivity index (χ0) is 13.2. The fourth-order valence-electron chi connectivity index (χ4n) is 2.65. The molecule has 1 fully saturated rings. The number of amides is 1. The number of likely N-dealkylation sites (tertiary alicyclic amines) is 1. The Hall–Kier alpha value is -1.81. The van der Waals surface area contributed by atoms with E-state index in [0.717, 1.165) is 42.4 Å². The molecule has 1 aromatic heterocycles. The van der Waals surface area contributed by atoms with E-state index >= 15 is 0 Å². The maximum Gasteiger partial charge on any atom is 0.226 e. The molecule has 1 aromatic carbocycles. The van der Waals surface area contributed by atoms with Gasteiger partial charge in [-0.15, -0.1) is 0 Å². The monoisotopic (exact) mass is 257 g/mol. The largest absolute Gasteiger partial charge is 0.361 e. The van der Waals surface area contributed by atoms with Gasteiger partial charge in [0.2, 0.25) is 5.91 Å². The van der Waals surface area contributed by atoms with Crippen molar-refractivity contribution in [3.05, 3.63) is 36.0 Å². The van der Waals surface area contributed by atoms with E-state index in [1.54, 1.807) is 0 Å². The van der Waals surface area contributed by atoms with Crippen LogP contribution < -0.4 is 5.73 Å². The number of hydrogen-bond donors (Lipinski definition) is 2. The molecule has 4 nitrogen and oxygen atoms in total. The minimum Gasteiger partial charge on any atom is -0.361 e. The predicted molar refractivity (Wildman–Crippen MR) is 75.8 cm³/mol. The molecule has 100 valence electrons. The smallest absolute Gasteiger partial charge is 0.226 e. The van der Waals surface area contributed by atoms with Crippen LogP contribution in [0.15, 0.2) is 30.5 Å². The number of aromatic amines is 1. The Labute approximate surface area is 112 Å². The molecule has 0 spiro atoms. The molecule has 1 saturated heterocycles. The van der Waals surface area contributed by atoms with Crippen LogP contribution in [0.2, 0.25) is 0 Å². The van der Waals surface area contributed by atoms with Crippen LogP contribution in [0, 0.1) is 0 Å². The van der Waals surface area contributed by atoms with Crippen molar-refractivity contribution in [2.45, 2.75) is 25.3 Å². The Morgan fingerprint density at radius 2 is 2.11 bits per heavy atom. The van der Waals surface area contributed by atoms with Crippen molar-refractivity contribution >= 4 is 16.8 Å². The SMILES string of the molecule is NC1CCN(C(=O)Cc2ccc3[nH]ccc3c2)CC1. The zero-order valence-electron chi connectivity index (χ0n) is 10.9. The first kappa shape index (κ1) is 12.2. The van der Waals surface area contributed by atoms with Crippen molar-refractivity contribution < 1.29 is 4.79 Å². The standard InChI is InChI=1S/C15H19N3O/c16-13-4-7-18(8-5-13)15(19)10-11-1-2-14-12(9-11)3-6-17-14/h1-3,6,9,13,17H,4-5,7-8,10,16H2. The maximum absolute atomic E-state index is 12.2. The first-order chi connectivity index (χ1) is 9.22. The van der Waals surface area contributed by atoms with Gasteiger partial charge in [-0.25, -0.2) is 0 Å². The van der Waals surface area contributed by atoms with Crippen LogP contribution >= 0.6 is 0 Å². The Morgan fingerprint density at radius 1 is 1.32 bits per heavy atom. The van der Waals surface area contributed by atoms with Gasteiger partial charge < -0.3 is 15.6 Å². The molecular formula is C15H19N3O. The van der Waals surface area contributed by atoms with Crippen molar-refractivity contribution in [3.8, 4) is 0 Å². The van der Waals surface area contributed by atoms with Crippen molar-refractivity contribution in [2.24, 2.45) is 5.73 Å². The van der Waals surface area contributed by atoms with Gasteiger partial charge in [0.05, 0.1) is 6.42 Å². The summed E-state index contributed by atoms with van der Waals surface area (Å²) in [6.07, 6.45) is 4.24. The molecule has 2 heterocycles. The topological polar surface area (TPSA) is 62.1 Å². The third kappa shape index (κ3) is 2.63. The summed E-state index contributed by atoms with van der Waals surface area (Å²) in [6, 6.07) is 8.43. The number of rotatable bonds is 2. The molecule has 1 aliphatic heterocycles.